The van der Waals surface area contributed by atoms with Crippen molar-refractivity contribution in [2.45, 2.75) is 29.6 Å². The number of hydrogen-bond donors (Lipinski definition) is 1. The summed E-state index contributed by atoms with van der Waals surface area (Å²) >= 11 is 1.07. The van der Waals surface area contributed by atoms with Crippen LogP contribution in [-0.2, 0) is 14.8 Å². The molecule has 0 aliphatic rings. The van der Waals surface area contributed by atoms with Crippen LogP contribution in [0.4, 0.5) is 14.5 Å². The molecule has 2 aromatic rings. The van der Waals surface area contributed by atoms with Crippen molar-refractivity contribution in [1.29, 1.82) is 0 Å². The van der Waals surface area contributed by atoms with Crippen molar-refractivity contribution in [2.24, 2.45) is 0 Å². The van der Waals surface area contributed by atoms with E-state index < -0.39 is 21.7 Å². The Morgan fingerprint density at radius 2 is 1.79 bits per heavy atom. The lowest BCUT2D eigenvalue weighted by Crippen LogP contribution is -2.27. The third kappa shape index (κ3) is 6.02. The van der Waals surface area contributed by atoms with Crippen LogP contribution in [0, 0.1) is 11.6 Å². The number of carbonyl (C=O) groups excluding carboxylic acids is 1. The Morgan fingerprint density at radius 1 is 1.11 bits per heavy atom. The van der Waals surface area contributed by atoms with Gasteiger partial charge in [0, 0.05) is 24.2 Å². The van der Waals surface area contributed by atoms with Gasteiger partial charge in [0.05, 0.1) is 10.6 Å². The molecule has 0 saturated heterocycles. The highest BCUT2D eigenvalue weighted by atomic mass is 32.2. The number of nitrogens with zero attached hydrogens (tertiary/aromatic N) is 1. The maximum absolute atomic E-state index is 13.2. The standard InChI is InChI=1S/C19H22F2N2O3S2/c1-3-4-11-23(2)28(25,26)16-8-5-14(6-9-16)22-19(24)13-27-15-7-10-17(20)18(21)12-15/h5-10,12H,3-4,11,13H2,1-2H3,(H,22,24). The lowest BCUT2D eigenvalue weighted by molar-refractivity contribution is -0.113. The number of thioether (sulfide) groups is 1. The van der Waals surface area contributed by atoms with Crippen molar-refractivity contribution in [1.82, 2.24) is 4.31 Å². The van der Waals surface area contributed by atoms with Crippen molar-refractivity contribution in [2.75, 3.05) is 24.7 Å². The molecule has 0 aromatic heterocycles. The van der Waals surface area contributed by atoms with Gasteiger partial charge in [-0.15, -0.1) is 11.8 Å². The first-order valence-electron chi connectivity index (χ1n) is 8.68. The minimum absolute atomic E-state index is 0.00484. The number of halogens is 2. The van der Waals surface area contributed by atoms with Gasteiger partial charge in [-0.2, -0.15) is 0 Å². The Labute approximate surface area is 168 Å². The Bertz CT molecular complexity index is 919. The Morgan fingerprint density at radius 3 is 2.39 bits per heavy atom. The Kier molecular flexibility index (Phi) is 7.97. The fourth-order valence-electron chi connectivity index (χ4n) is 2.30. The molecule has 0 fully saturated rings. The molecule has 0 bridgehead atoms. The predicted octanol–water partition coefficient (Wildman–Crippen LogP) is 4.12. The highest BCUT2D eigenvalue weighted by Gasteiger charge is 2.20. The predicted molar refractivity (Wildman–Crippen MR) is 107 cm³/mol. The number of amides is 1. The number of benzene rings is 2. The van der Waals surface area contributed by atoms with Gasteiger partial charge in [-0.3, -0.25) is 4.79 Å². The summed E-state index contributed by atoms with van der Waals surface area (Å²) < 4.78 is 52.3. The van der Waals surface area contributed by atoms with Crippen molar-refractivity contribution >= 4 is 33.4 Å². The highest BCUT2D eigenvalue weighted by Crippen LogP contribution is 2.21. The van der Waals surface area contributed by atoms with Gasteiger partial charge in [0.1, 0.15) is 0 Å². The minimum atomic E-state index is -3.56. The molecule has 0 heterocycles. The molecule has 0 spiro atoms. The van der Waals surface area contributed by atoms with E-state index in [1.807, 2.05) is 6.92 Å². The van der Waals surface area contributed by atoms with E-state index in [9.17, 15) is 22.0 Å². The number of rotatable bonds is 9. The molecular weight excluding hydrogens is 406 g/mol. The van der Waals surface area contributed by atoms with E-state index in [4.69, 9.17) is 0 Å². The van der Waals surface area contributed by atoms with Gasteiger partial charge < -0.3 is 5.32 Å². The molecule has 5 nitrogen and oxygen atoms in total. The number of nitrogens with one attached hydrogen (secondary N) is 1. The molecular formula is C19H22F2N2O3S2. The maximum atomic E-state index is 13.2. The first-order valence-corrected chi connectivity index (χ1v) is 11.1. The maximum Gasteiger partial charge on any atom is 0.242 e. The second kappa shape index (κ2) is 9.99. The number of carbonyl (C=O) groups is 1. The van der Waals surface area contributed by atoms with Crippen LogP contribution in [0.3, 0.4) is 0 Å². The van der Waals surface area contributed by atoms with E-state index in [1.165, 1.54) is 41.7 Å². The van der Waals surface area contributed by atoms with Gasteiger partial charge in [-0.25, -0.2) is 21.5 Å². The first kappa shape index (κ1) is 22.3. The van der Waals surface area contributed by atoms with Crippen LogP contribution in [-0.4, -0.2) is 38.0 Å². The largest absolute Gasteiger partial charge is 0.325 e. The molecule has 1 amide bonds. The van der Waals surface area contributed by atoms with Crippen molar-refractivity contribution in [3.05, 3.63) is 54.1 Å². The van der Waals surface area contributed by atoms with Crippen molar-refractivity contribution in [3.63, 3.8) is 0 Å². The average Bonchev–Trinajstić information content (AvgIpc) is 2.67. The Hall–Kier alpha value is -1.97. The molecule has 0 aliphatic carbocycles. The molecule has 0 radical (unpaired) electrons. The summed E-state index contributed by atoms with van der Waals surface area (Å²) in [5.74, 6) is -2.24. The van der Waals surface area contributed by atoms with Crippen LogP contribution in [0.5, 0.6) is 0 Å². The molecule has 2 rings (SSSR count). The SMILES string of the molecule is CCCCN(C)S(=O)(=O)c1ccc(NC(=O)CSc2ccc(F)c(F)c2)cc1. The first-order chi connectivity index (χ1) is 13.2. The topological polar surface area (TPSA) is 66.5 Å². The fourth-order valence-corrected chi connectivity index (χ4v) is 4.23. The van der Waals surface area contributed by atoms with E-state index >= 15 is 0 Å². The number of anilines is 1. The Balaban J connectivity index is 1.94. The fraction of sp³-hybridized carbons (Fsp3) is 0.316. The summed E-state index contributed by atoms with van der Waals surface area (Å²) in [6, 6.07) is 9.34. The average molecular weight is 429 g/mol. The summed E-state index contributed by atoms with van der Waals surface area (Å²) in [4.78, 5) is 12.6. The van der Waals surface area contributed by atoms with Gasteiger partial charge in [-0.05, 0) is 48.9 Å². The normalized spacial score (nSPS) is 11.6. The summed E-state index contributed by atoms with van der Waals surface area (Å²) in [7, 11) is -2.02. The highest BCUT2D eigenvalue weighted by molar-refractivity contribution is 8.00. The van der Waals surface area contributed by atoms with E-state index in [2.05, 4.69) is 5.32 Å². The zero-order valence-corrected chi connectivity index (χ0v) is 17.2. The van der Waals surface area contributed by atoms with Crippen LogP contribution in [0.1, 0.15) is 19.8 Å². The molecule has 0 atom stereocenters. The van der Waals surface area contributed by atoms with Gasteiger partial charge in [0.25, 0.3) is 0 Å². The van der Waals surface area contributed by atoms with Crippen molar-refractivity contribution in [3.8, 4) is 0 Å². The van der Waals surface area contributed by atoms with Crippen LogP contribution in [0.15, 0.2) is 52.3 Å². The lowest BCUT2D eigenvalue weighted by atomic mass is 10.3. The quantitative estimate of drug-likeness (QED) is 0.611. The smallest absolute Gasteiger partial charge is 0.242 e. The van der Waals surface area contributed by atoms with Crippen LogP contribution >= 0.6 is 11.8 Å². The molecule has 0 saturated carbocycles. The molecule has 28 heavy (non-hydrogen) atoms. The molecule has 0 aliphatic heterocycles. The zero-order valence-electron chi connectivity index (χ0n) is 15.6. The van der Waals surface area contributed by atoms with Crippen LogP contribution < -0.4 is 5.32 Å². The molecule has 9 heteroatoms. The van der Waals surface area contributed by atoms with E-state index in [1.54, 1.807) is 0 Å². The van der Waals surface area contributed by atoms with Gasteiger partial charge in [0.2, 0.25) is 15.9 Å². The van der Waals surface area contributed by atoms with E-state index in [-0.39, 0.29) is 16.6 Å². The van der Waals surface area contributed by atoms with E-state index in [0.29, 0.717) is 17.1 Å². The van der Waals surface area contributed by atoms with Crippen LogP contribution in [0.2, 0.25) is 0 Å². The van der Waals surface area contributed by atoms with Gasteiger partial charge in [0.15, 0.2) is 11.6 Å². The molecule has 0 unspecified atom stereocenters. The van der Waals surface area contributed by atoms with Crippen LogP contribution in [0.25, 0.3) is 0 Å². The summed E-state index contributed by atoms with van der Waals surface area (Å²) in [5.41, 5.74) is 0.450. The minimum Gasteiger partial charge on any atom is -0.325 e. The molecule has 1 N–H and O–H groups in total. The summed E-state index contributed by atoms with van der Waals surface area (Å²) in [6.07, 6.45) is 1.67. The summed E-state index contributed by atoms with van der Waals surface area (Å²) in [6.45, 7) is 2.43. The molecule has 2 aromatic carbocycles. The van der Waals surface area contributed by atoms with Crippen molar-refractivity contribution < 1.29 is 22.0 Å². The molecule has 152 valence electrons. The summed E-state index contributed by atoms with van der Waals surface area (Å²) in [5, 5.41) is 2.64. The van der Waals surface area contributed by atoms with Gasteiger partial charge >= 0.3 is 0 Å². The zero-order chi connectivity index (χ0) is 20.7. The second-order valence-electron chi connectivity index (χ2n) is 6.12. The van der Waals surface area contributed by atoms with Gasteiger partial charge in [-0.1, -0.05) is 13.3 Å². The number of hydrogen-bond acceptors (Lipinski definition) is 4. The number of unbranched alkanes of at least 4 members (excludes halogenated alkanes) is 1. The lowest BCUT2D eigenvalue weighted by Gasteiger charge is -2.17. The number of sulfonamides is 1. The second-order valence-corrected chi connectivity index (χ2v) is 9.21. The monoisotopic (exact) mass is 428 g/mol. The van der Waals surface area contributed by atoms with E-state index in [0.717, 1.165) is 36.7 Å². The third-order valence-electron chi connectivity index (χ3n) is 3.93. The third-order valence-corrected chi connectivity index (χ3v) is 6.80.